The Morgan fingerprint density at radius 1 is 0.729 bits per heavy atom. The minimum absolute atomic E-state index is 0.0440. The molecule has 21 heteroatoms. The summed E-state index contributed by atoms with van der Waals surface area (Å²) in [4.78, 5) is 50.2. The molecule has 0 unspecified atom stereocenters. The number of fused-ring (bicyclic) bond motifs is 1. The maximum absolute atomic E-state index is 13.2. The molecule has 1 aromatic heterocycles. The lowest BCUT2D eigenvalue weighted by molar-refractivity contribution is -0.350. The van der Waals surface area contributed by atoms with Crippen molar-refractivity contribution in [2.24, 2.45) is 0 Å². The molecule has 0 spiro atoms. The third-order valence-corrected chi connectivity index (χ3v) is 9.23. The Hall–Kier alpha value is -6.46. The fourth-order valence-corrected chi connectivity index (χ4v) is 6.26. The summed E-state index contributed by atoms with van der Waals surface area (Å²) >= 11 is 0. The molecule has 3 heterocycles. The number of benzene rings is 3. The Morgan fingerprint density at radius 2 is 1.31 bits per heavy atom. The number of carboxylic acid groups (broad SMARTS) is 2. The van der Waals surface area contributed by atoms with Crippen LogP contribution < -0.4 is 19.6 Å². The monoisotopic (exact) mass is 828 g/mol. The number of carbonyl (C=O) groups excluding carboxylic acids is 1. The molecule has 4 aromatic rings. The zero-order chi connectivity index (χ0) is 42.9. The number of ether oxygens (including phenoxy) is 7. The number of aliphatic hydroxyl groups excluding tert-OH is 4. The Bertz CT molecular complexity index is 2280. The first-order valence-corrected chi connectivity index (χ1v) is 17.3. The van der Waals surface area contributed by atoms with Crippen molar-refractivity contribution in [1.29, 1.82) is 0 Å². The van der Waals surface area contributed by atoms with Crippen LogP contribution in [0.3, 0.4) is 0 Å². The van der Waals surface area contributed by atoms with E-state index in [0.717, 1.165) is 24.3 Å². The second-order valence-corrected chi connectivity index (χ2v) is 13.1. The number of esters is 1. The third-order valence-electron chi connectivity index (χ3n) is 9.23. The second-order valence-electron chi connectivity index (χ2n) is 13.1. The molecule has 9 N–H and O–H groups in total. The number of hydrogen-bond donors (Lipinski definition) is 9. The summed E-state index contributed by atoms with van der Waals surface area (Å²) in [6.45, 7) is 0. The van der Waals surface area contributed by atoms with Gasteiger partial charge in [0.25, 0.3) is 0 Å². The molecule has 0 radical (unpaired) electrons. The Kier molecular flexibility index (Phi) is 12.3. The van der Waals surface area contributed by atoms with Gasteiger partial charge in [-0.1, -0.05) is 12.1 Å². The van der Waals surface area contributed by atoms with Gasteiger partial charge in [0.2, 0.25) is 12.0 Å². The number of carbonyl (C=O) groups is 3. The number of aromatic hydroxyl groups is 3. The van der Waals surface area contributed by atoms with E-state index in [1.165, 1.54) is 56.7 Å². The SMILES string of the molecule is COc1cc(-c2cc(=O)c3c(O)cc(O[C@@H]4O[C@H](C(=O)O)[C@@H](O)[C@H](O)[C@H]4O[C@@H]4O[C@H](C(=O)O)[C@@H](O)[C@H](O)[C@H]4OC(=O)/C=C\c4ccc(O)cc4)cc3o2)cc(OC)c1O. The molecule has 3 aromatic carbocycles. The molecule has 2 fully saturated rings. The van der Waals surface area contributed by atoms with Gasteiger partial charge in [-0.05, 0) is 35.9 Å². The van der Waals surface area contributed by atoms with Crippen molar-refractivity contribution in [2.45, 2.75) is 61.4 Å². The van der Waals surface area contributed by atoms with Gasteiger partial charge >= 0.3 is 17.9 Å². The molecule has 6 rings (SSSR count). The van der Waals surface area contributed by atoms with Crippen molar-refractivity contribution in [1.82, 2.24) is 0 Å². The summed E-state index contributed by atoms with van der Waals surface area (Å²) in [7, 11) is 2.54. The standard InChI is InChI=1S/C38H36O21/c1-52-22-9-15(10-23(53-2)26(22)43)20-13-19(41)25-18(40)11-17(12-21(25)55-20)54-37-34(30(47)28(45)31(57-37)35(48)49)59-38-33(29(46)27(44)32(58-38)36(50)51)56-24(42)8-5-14-3-6-16(39)7-4-14/h3-13,27-34,37-40,43-47H,1-2H3,(H,48,49)(H,50,51)/b8-5-/t27-,28-,29-,30-,31-,32-,33+,34+,37+,38-/m0/s1. The van der Waals surface area contributed by atoms with Crippen molar-refractivity contribution >= 4 is 35.0 Å². The van der Waals surface area contributed by atoms with Crippen molar-refractivity contribution in [3.63, 3.8) is 0 Å². The Morgan fingerprint density at radius 3 is 1.88 bits per heavy atom. The van der Waals surface area contributed by atoms with Crippen molar-refractivity contribution in [3.8, 4) is 45.8 Å². The molecule has 2 aliphatic rings. The topological polar surface area (TPSA) is 328 Å². The normalized spacial score (nSPS) is 26.9. The fourth-order valence-electron chi connectivity index (χ4n) is 6.26. The van der Waals surface area contributed by atoms with E-state index >= 15 is 0 Å². The minimum atomic E-state index is -2.27. The summed E-state index contributed by atoms with van der Waals surface area (Å²) in [6, 6.07) is 11.2. The fraction of sp³-hybridized carbons (Fsp3) is 0.316. The van der Waals surface area contributed by atoms with Crippen LogP contribution in [0, 0.1) is 0 Å². The molecule has 59 heavy (non-hydrogen) atoms. The molecule has 0 aliphatic carbocycles. The first-order valence-electron chi connectivity index (χ1n) is 17.3. The van der Waals surface area contributed by atoms with E-state index in [0.29, 0.717) is 5.56 Å². The lowest BCUT2D eigenvalue weighted by atomic mass is 9.96. The van der Waals surface area contributed by atoms with E-state index in [-0.39, 0.29) is 45.3 Å². The summed E-state index contributed by atoms with van der Waals surface area (Å²) in [5, 5.41) is 93.3. The second kappa shape index (κ2) is 17.2. The number of phenols is 3. The molecule has 2 aliphatic heterocycles. The molecule has 21 nitrogen and oxygen atoms in total. The van der Waals surface area contributed by atoms with Gasteiger partial charge in [0.1, 0.15) is 58.4 Å². The molecular weight excluding hydrogens is 792 g/mol. The van der Waals surface area contributed by atoms with Crippen LogP contribution in [0.15, 0.2) is 69.9 Å². The van der Waals surface area contributed by atoms with Gasteiger partial charge in [0.05, 0.1) is 14.2 Å². The number of rotatable bonds is 12. The summed E-state index contributed by atoms with van der Waals surface area (Å²) < 4.78 is 43.9. The number of hydrogen-bond acceptors (Lipinski definition) is 19. The Labute approximate surface area is 330 Å². The number of methoxy groups -OCH3 is 2. The molecule has 2 saturated heterocycles. The summed E-state index contributed by atoms with van der Waals surface area (Å²) in [5.74, 6) is -6.52. The van der Waals surface area contributed by atoms with Crippen LogP contribution in [-0.2, 0) is 33.3 Å². The third kappa shape index (κ3) is 8.71. The summed E-state index contributed by atoms with van der Waals surface area (Å²) in [5.41, 5.74) is -0.476. The first-order chi connectivity index (χ1) is 28.0. The zero-order valence-electron chi connectivity index (χ0n) is 30.5. The van der Waals surface area contributed by atoms with E-state index in [2.05, 4.69) is 0 Å². The number of aliphatic hydroxyl groups is 4. The lowest BCUT2D eigenvalue weighted by Crippen LogP contribution is -2.66. The Balaban J connectivity index is 1.35. The maximum Gasteiger partial charge on any atom is 0.335 e. The smallest absolute Gasteiger partial charge is 0.335 e. The van der Waals surface area contributed by atoms with Crippen LogP contribution in [0.1, 0.15) is 5.56 Å². The van der Waals surface area contributed by atoms with E-state index in [1.807, 2.05) is 0 Å². The first kappa shape index (κ1) is 42.2. The quantitative estimate of drug-likeness (QED) is 0.0672. The highest BCUT2D eigenvalue weighted by Gasteiger charge is 2.55. The number of carboxylic acids is 2. The van der Waals surface area contributed by atoms with Crippen molar-refractivity contribution in [3.05, 3.63) is 76.5 Å². The lowest BCUT2D eigenvalue weighted by Gasteiger charge is -2.45. The van der Waals surface area contributed by atoms with Crippen LogP contribution >= 0.6 is 0 Å². The van der Waals surface area contributed by atoms with E-state index in [1.54, 1.807) is 0 Å². The van der Waals surface area contributed by atoms with Crippen LogP contribution in [0.5, 0.6) is 34.5 Å². The van der Waals surface area contributed by atoms with Gasteiger partial charge in [-0.15, -0.1) is 0 Å². The van der Waals surface area contributed by atoms with Gasteiger partial charge in [-0.25, -0.2) is 14.4 Å². The predicted molar refractivity (Wildman–Crippen MR) is 193 cm³/mol. The van der Waals surface area contributed by atoms with Crippen LogP contribution in [-0.4, -0.2) is 139 Å². The highest BCUT2D eigenvalue weighted by atomic mass is 16.8. The zero-order valence-corrected chi connectivity index (χ0v) is 30.5. The van der Waals surface area contributed by atoms with Crippen LogP contribution in [0.4, 0.5) is 0 Å². The molecule has 0 saturated carbocycles. The van der Waals surface area contributed by atoms with E-state index in [4.69, 9.17) is 37.6 Å². The van der Waals surface area contributed by atoms with E-state index < -0.39 is 96.2 Å². The summed E-state index contributed by atoms with van der Waals surface area (Å²) in [6.07, 6.45) is -19.7. The molecule has 0 amide bonds. The maximum atomic E-state index is 13.2. The van der Waals surface area contributed by atoms with Crippen LogP contribution in [0.2, 0.25) is 0 Å². The molecule has 10 atom stereocenters. The molecule has 314 valence electrons. The number of aliphatic carboxylic acids is 2. The highest BCUT2D eigenvalue weighted by molar-refractivity contribution is 5.87. The average molecular weight is 829 g/mol. The van der Waals surface area contributed by atoms with Gasteiger partial charge < -0.3 is 83.5 Å². The van der Waals surface area contributed by atoms with Crippen molar-refractivity contribution < 1.29 is 97.9 Å². The average Bonchev–Trinajstić information content (AvgIpc) is 3.19. The largest absolute Gasteiger partial charge is 0.508 e. The minimum Gasteiger partial charge on any atom is -0.508 e. The van der Waals surface area contributed by atoms with Crippen molar-refractivity contribution in [2.75, 3.05) is 14.2 Å². The van der Waals surface area contributed by atoms with Gasteiger partial charge in [0, 0.05) is 29.8 Å². The predicted octanol–water partition coefficient (Wildman–Crippen LogP) is 0.0458. The molecule has 0 bridgehead atoms. The molecular formula is C38H36O21. The van der Waals surface area contributed by atoms with E-state index in [9.17, 15) is 65.1 Å². The number of phenolic OH excluding ortho intramolecular Hbond substituents is 3. The van der Waals surface area contributed by atoms with Gasteiger partial charge in [-0.2, -0.15) is 0 Å². The highest BCUT2D eigenvalue weighted by Crippen LogP contribution is 2.41. The van der Waals surface area contributed by atoms with Crippen LogP contribution in [0.25, 0.3) is 28.4 Å². The van der Waals surface area contributed by atoms with Gasteiger partial charge in [0.15, 0.2) is 47.6 Å². The van der Waals surface area contributed by atoms with Gasteiger partial charge in [-0.3, -0.25) is 4.79 Å².